The highest BCUT2D eigenvalue weighted by molar-refractivity contribution is 5.39. The average Bonchev–Trinajstić information content (AvgIpc) is 2.94. The van der Waals surface area contributed by atoms with Crippen molar-refractivity contribution in [2.45, 2.75) is 49.9 Å². The molecule has 3 aliphatic rings. The van der Waals surface area contributed by atoms with Gasteiger partial charge in [0.25, 0.3) is 0 Å². The molecule has 5 heteroatoms. The van der Waals surface area contributed by atoms with Crippen LogP contribution >= 0.6 is 0 Å². The molecular weight excluding hydrogens is 448 g/mol. The smallest absolute Gasteiger partial charge is 0.123 e. The third-order valence-electron chi connectivity index (χ3n) is 8.09. The Hall–Kier alpha value is -2.70. The van der Waals surface area contributed by atoms with E-state index in [1.807, 2.05) is 12.1 Å². The van der Waals surface area contributed by atoms with Gasteiger partial charge in [0, 0.05) is 36.5 Å². The van der Waals surface area contributed by atoms with Gasteiger partial charge in [0.05, 0.1) is 19.8 Å². The van der Waals surface area contributed by atoms with Gasteiger partial charge in [-0.25, -0.2) is 0 Å². The summed E-state index contributed by atoms with van der Waals surface area (Å²) in [4.78, 5) is 2.70. The van der Waals surface area contributed by atoms with Gasteiger partial charge in [-0.05, 0) is 54.6 Å². The molecule has 3 N–H and O–H groups in total. The van der Waals surface area contributed by atoms with Crippen LogP contribution in [0, 0.1) is 5.92 Å². The maximum absolute atomic E-state index is 9.94. The number of hydrogen-bond donors (Lipinski definition) is 3. The SMILES string of the molecule is COc1ccc(CC(O)CO)cc1CN[C@H]1C2CCN(CC2)[C@H]1C(c1ccccc1)c1ccccc1. The molecule has 3 atom stereocenters. The second-order valence-corrected chi connectivity index (χ2v) is 10.3. The molecule has 3 heterocycles. The summed E-state index contributed by atoms with van der Waals surface area (Å²) in [5.41, 5.74) is 4.83. The Morgan fingerprint density at radius 3 is 2.17 bits per heavy atom. The van der Waals surface area contributed by atoms with Crippen molar-refractivity contribution in [2.75, 3.05) is 26.8 Å². The minimum atomic E-state index is -0.747. The average molecular weight is 487 g/mol. The van der Waals surface area contributed by atoms with Gasteiger partial charge in [-0.3, -0.25) is 4.90 Å². The second kappa shape index (κ2) is 11.6. The van der Waals surface area contributed by atoms with Crippen LogP contribution in [-0.4, -0.2) is 60.1 Å². The lowest BCUT2D eigenvalue weighted by atomic mass is 9.70. The molecule has 0 saturated carbocycles. The first kappa shape index (κ1) is 25.0. The van der Waals surface area contributed by atoms with Crippen molar-refractivity contribution in [3.63, 3.8) is 0 Å². The van der Waals surface area contributed by atoms with Crippen molar-refractivity contribution in [1.82, 2.24) is 10.2 Å². The van der Waals surface area contributed by atoms with E-state index in [1.54, 1.807) is 7.11 Å². The van der Waals surface area contributed by atoms with E-state index in [2.05, 4.69) is 76.9 Å². The Morgan fingerprint density at radius 2 is 1.58 bits per heavy atom. The molecule has 2 bridgehead atoms. The topological polar surface area (TPSA) is 65.0 Å². The summed E-state index contributed by atoms with van der Waals surface area (Å²) >= 11 is 0. The molecule has 3 aliphatic heterocycles. The molecule has 5 nitrogen and oxygen atoms in total. The van der Waals surface area contributed by atoms with Crippen LogP contribution in [0.1, 0.15) is 41.0 Å². The highest BCUT2D eigenvalue weighted by Gasteiger charge is 2.46. The highest BCUT2D eigenvalue weighted by Crippen LogP contribution is 2.42. The third-order valence-corrected chi connectivity index (χ3v) is 8.09. The normalized spacial score (nSPS) is 24.1. The maximum Gasteiger partial charge on any atom is 0.123 e. The van der Waals surface area contributed by atoms with E-state index in [-0.39, 0.29) is 6.61 Å². The van der Waals surface area contributed by atoms with Crippen LogP contribution < -0.4 is 10.1 Å². The lowest BCUT2D eigenvalue weighted by molar-refractivity contribution is 0.00462. The van der Waals surface area contributed by atoms with E-state index in [4.69, 9.17) is 4.74 Å². The van der Waals surface area contributed by atoms with Crippen molar-refractivity contribution < 1.29 is 14.9 Å². The van der Waals surface area contributed by atoms with Crippen LogP contribution in [-0.2, 0) is 13.0 Å². The number of fused-ring (bicyclic) bond motifs is 3. The van der Waals surface area contributed by atoms with Crippen LogP contribution in [0.25, 0.3) is 0 Å². The van der Waals surface area contributed by atoms with E-state index >= 15 is 0 Å². The van der Waals surface area contributed by atoms with Crippen LogP contribution in [0.3, 0.4) is 0 Å². The quantitative estimate of drug-likeness (QED) is 0.405. The number of methoxy groups -OCH3 is 1. The Balaban J connectivity index is 1.45. The minimum Gasteiger partial charge on any atom is -0.496 e. The molecule has 3 aromatic carbocycles. The molecule has 3 aromatic rings. The van der Waals surface area contributed by atoms with Crippen molar-refractivity contribution in [3.8, 4) is 5.75 Å². The summed E-state index contributed by atoms with van der Waals surface area (Å²) in [6.45, 7) is 2.78. The first-order chi connectivity index (χ1) is 17.7. The lowest BCUT2D eigenvalue weighted by Gasteiger charge is -2.54. The Kier molecular flexibility index (Phi) is 8.02. The van der Waals surface area contributed by atoms with E-state index in [0.29, 0.717) is 36.9 Å². The van der Waals surface area contributed by atoms with Crippen LogP contribution in [0.2, 0.25) is 0 Å². The minimum absolute atomic E-state index is 0.235. The summed E-state index contributed by atoms with van der Waals surface area (Å²) < 4.78 is 5.68. The fraction of sp³-hybridized carbons (Fsp3) is 0.419. The molecule has 190 valence electrons. The van der Waals surface area contributed by atoms with Crippen molar-refractivity contribution in [2.24, 2.45) is 5.92 Å². The molecular formula is C31H38N2O3. The molecule has 3 fully saturated rings. The molecule has 36 heavy (non-hydrogen) atoms. The molecule has 1 unspecified atom stereocenters. The molecule has 0 spiro atoms. The number of aliphatic hydroxyl groups is 2. The molecule has 0 amide bonds. The number of piperidine rings is 3. The number of rotatable bonds is 10. The van der Waals surface area contributed by atoms with E-state index in [1.165, 1.54) is 24.0 Å². The Morgan fingerprint density at radius 1 is 0.944 bits per heavy atom. The van der Waals surface area contributed by atoms with Crippen molar-refractivity contribution >= 4 is 0 Å². The number of nitrogens with one attached hydrogen (secondary N) is 1. The van der Waals surface area contributed by atoms with Gasteiger partial charge in [-0.2, -0.15) is 0 Å². The number of aliphatic hydroxyl groups excluding tert-OH is 2. The van der Waals surface area contributed by atoms with Gasteiger partial charge < -0.3 is 20.3 Å². The lowest BCUT2D eigenvalue weighted by Crippen LogP contribution is -2.64. The summed E-state index contributed by atoms with van der Waals surface area (Å²) in [6, 6.07) is 28.7. The first-order valence-corrected chi connectivity index (χ1v) is 13.2. The number of nitrogens with zero attached hydrogens (tertiary/aromatic N) is 1. The van der Waals surface area contributed by atoms with E-state index in [9.17, 15) is 10.2 Å². The summed E-state index contributed by atoms with van der Waals surface area (Å²) in [5, 5.41) is 23.2. The number of benzene rings is 3. The van der Waals surface area contributed by atoms with Crippen molar-refractivity contribution in [1.29, 1.82) is 0 Å². The zero-order valence-electron chi connectivity index (χ0n) is 21.1. The zero-order valence-corrected chi connectivity index (χ0v) is 21.1. The molecule has 6 rings (SSSR count). The van der Waals surface area contributed by atoms with Gasteiger partial charge in [0.1, 0.15) is 5.75 Å². The Bertz CT molecular complexity index is 1060. The molecule has 3 saturated heterocycles. The molecule has 0 aliphatic carbocycles. The van der Waals surface area contributed by atoms with E-state index in [0.717, 1.165) is 30.0 Å². The van der Waals surface area contributed by atoms with Gasteiger partial charge in [-0.15, -0.1) is 0 Å². The predicted molar refractivity (Wildman–Crippen MR) is 143 cm³/mol. The summed E-state index contributed by atoms with van der Waals surface area (Å²) in [6.07, 6.45) is 2.14. The number of hydrogen-bond acceptors (Lipinski definition) is 5. The van der Waals surface area contributed by atoms with Gasteiger partial charge in [-0.1, -0.05) is 72.8 Å². The summed E-state index contributed by atoms with van der Waals surface area (Å²) in [5.74, 6) is 1.78. The highest BCUT2D eigenvalue weighted by atomic mass is 16.5. The molecule has 0 radical (unpaired) electrons. The van der Waals surface area contributed by atoms with Crippen molar-refractivity contribution in [3.05, 3.63) is 101 Å². The maximum atomic E-state index is 9.94. The van der Waals surface area contributed by atoms with Gasteiger partial charge in [0.15, 0.2) is 0 Å². The fourth-order valence-electron chi connectivity index (χ4n) is 6.36. The zero-order chi connectivity index (χ0) is 24.9. The summed E-state index contributed by atoms with van der Waals surface area (Å²) in [7, 11) is 1.71. The van der Waals surface area contributed by atoms with E-state index < -0.39 is 6.10 Å². The third kappa shape index (κ3) is 5.35. The largest absolute Gasteiger partial charge is 0.496 e. The Labute approximate surface area is 214 Å². The predicted octanol–water partition coefficient (Wildman–Crippen LogP) is 3.98. The monoisotopic (exact) mass is 486 g/mol. The second-order valence-electron chi connectivity index (χ2n) is 10.3. The van der Waals surface area contributed by atoms with Gasteiger partial charge >= 0.3 is 0 Å². The first-order valence-electron chi connectivity index (χ1n) is 13.2. The fourth-order valence-corrected chi connectivity index (χ4v) is 6.36. The standard InChI is InChI=1S/C31H38N2O3/c1-36-28-13-12-22(19-27(35)21-34)18-26(28)20-32-30-25-14-16-33(17-15-25)31(30)29(23-8-4-2-5-9-23)24-10-6-3-7-11-24/h2-13,18,25,27,29-32,34-35H,14-17,19-21H2,1H3/t27?,30-,31-/m0/s1. The van der Waals surface area contributed by atoms with Crippen LogP contribution in [0.15, 0.2) is 78.9 Å². The van der Waals surface area contributed by atoms with Crippen LogP contribution in [0.5, 0.6) is 5.75 Å². The van der Waals surface area contributed by atoms with Crippen LogP contribution in [0.4, 0.5) is 0 Å². The molecule has 0 aromatic heterocycles. The number of ether oxygens (including phenoxy) is 1. The van der Waals surface area contributed by atoms with Gasteiger partial charge in [0.2, 0.25) is 0 Å².